The Kier molecular flexibility index (Phi) is 20.8. The molecule has 0 heterocycles. The molecule has 1 atom stereocenters. The zero-order valence-electron chi connectivity index (χ0n) is 32.7. The lowest BCUT2D eigenvalue weighted by atomic mass is 10.0. The molecule has 0 aliphatic heterocycles. The summed E-state index contributed by atoms with van der Waals surface area (Å²) in [6.07, 6.45) is 25.8. The third kappa shape index (κ3) is 15.1. The molecule has 0 bridgehead atoms. The standard InChI is InChI=1S/C46H72O3Si/c1-6-7-8-9-10-11-12-13-14-15-16-17-18-19-20-21-24-29-43(38-39-48-40-41-34-36-42(47-5)37-35-41)49-50(46(2,3)4,44-30-25-22-26-31-44)45-32-27-23-28-33-45/h22-23,25-28,30-37,43H,6-21,24,29,38-40H2,1-5H3. The molecule has 0 saturated carbocycles. The van der Waals surface area contributed by atoms with Crippen LogP contribution < -0.4 is 15.1 Å². The molecule has 3 aromatic rings. The van der Waals surface area contributed by atoms with E-state index in [-0.39, 0.29) is 11.1 Å². The third-order valence-corrected chi connectivity index (χ3v) is 15.5. The van der Waals surface area contributed by atoms with E-state index in [0.717, 1.165) is 18.6 Å². The van der Waals surface area contributed by atoms with Gasteiger partial charge < -0.3 is 13.9 Å². The van der Waals surface area contributed by atoms with Crippen LogP contribution in [0.15, 0.2) is 84.9 Å². The predicted octanol–water partition coefficient (Wildman–Crippen LogP) is 12.6. The van der Waals surface area contributed by atoms with Crippen LogP contribution in [0.2, 0.25) is 5.04 Å². The van der Waals surface area contributed by atoms with Gasteiger partial charge in [0.15, 0.2) is 0 Å². The Morgan fingerprint density at radius 2 is 0.980 bits per heavy atom. The topological polar surface area (TPSA) is 27.7 Å². The van der Waals surface area contributed by atoms with Gasteiger partial charge in [-0.3, -0.25) is 0 Å². The molecule has 3 rings (SSSR count). The minimum absolute atomic E-state index is 0.0356. The normalized spacial score (nSPS) is 12.7. The summed E-state index contributed by atoms with van der Waals surface area (Å²) in [5.41, 5.74) is 1.17. The number of methoxy groups -OCH3 is 1. The number of hydrogen-bond donors (Lipinski definition) is 0. The van der Waals surface area contributed by atoms with E-state index >= 15 is 0 Å². The van der Waals surface area contributed by atoms with Crippen molar-refractivity contribution in [3.63, 3.8) is 0 Å². The molecule has 3 aromatic carbocycles. The van der Waals surface area contributed by atoms with E-state index in [2.05, 4.69) is 100 Å². The van der Waals surface area contributed by atoms with E-state index in [4.69, 9.17) is 13.9 Å². The zero-order chi connectivity index (χ0) is 35.8. The molecule has 0 N–H and O–H groups in total. The zero-order valence-corrected chi connectivity index (χ0v) is 33.7. The van der Waals surface area contributed by atoms with Gasteiger partial charge in [-0.1, -0.05) is 210 Å². The van der Waals surface area contributed by atoms with Gasteiger partial charge in [0.1, 0.15) is 5.75 Å². The van der Waals surface area contributed by atoms with E-state index in [1.54, 1.807) is 7.11 Å². The summed E-state index contributed by atoms with van der Waals surface area (Å²) in [7, 11) is -0.923. The van der Waals surface area contributed by atoms with Gasteiger partial charge in [0, 0.05) is 12.7 Å². The van der Waals surface area contributed by atoms with Gasteiger partial charge in [0.05, 0.1) is 13.7 Å². The van der Waals surface area contributed by atoms with E-state index in [0.29, 0.717) is 13.2 Å². The van der Waals surface area contributed by atoms with Crippen LogP contribution >= 0.6 is 0 Å². The average Bonchev–Trinajstić information content (AvgIpc) is 3.13. The fourth-order valence-electron chi connectivity index (χ4n) is 7.43. The van der Waals surface area contributed by atoms with Gasteiger partial charge in [-0.15, -0.1) is 0 Å². The summed E-state index contributed by atoms with van der Waals surface area (Å²) in [6, 6.07) is 30.4. The van der Waals surface area contributed by atoms with Crippen molar-refractivity contribution in [2.75, 3.05) is 13.7 Å². The first-order chi connectivity index (χ1) is 24.4. The van der Waals surface area contributed by atoms with Crippen molar-refractivity contribution in [2.45, 2.75) is 167 Å². The Hall–Kier alpha value is -2.40. The van der Waals surface area contributed by atoms with Crippen molar-refractivity contribution in [2.24, 2.45) is 0 Å². The van der Waals surface area contributed by atoms with Crippen molar-refractivity contribution in [3.8, 4) is 5.75 Å². The highest BCUT2D eigenvalue weighted by Gasteiger charge is 2.51. The Labute approximate surface area is 309 Å². The van der Waals surface area contributed by atoms with E-state index in [9.17, 15) is 0 Å². The van der Waals surface area contributed by atoms with Crippen LogP contribution in [-0.2, 0) is 15.8 Å². The molecule has 0 aliphatic rings. The second-order valence-corrected chi connectivity index (χ2v) is 19.8. The number of benzene rings is 3. The smallest absolute Gasteiger partial charge is 0.261 e. The summed E-state index contributed by atoms with van der Waals surface area (Å²) < 4.78 is 19.2. The molecule has 0 aliphatic carbocycles. The molecule has 4 heteroatoms. The lowest BCUT2D eigenvalue weighted by molar-refractivity contribution is 0.0748. The molecule has 0 spiro atoms. The lowest BCUT2D eigenvalue weighted by Crippen LogP contribution is -2.67. The van der Waals surface area contributed by atoms with Crippen LogP contribution in [0.5, 0.6) is 5.75 Å². The molecule has 0 aromatic heterocycles. The largest absolute Gasteiger partial charge is 0.497 e. The molecule has 0 fully saturated rings. The minimum atomic E-state index is -2.63. The van der Waals surface area contributed by atoms with E-state index in [1.165, 1.54) is 125 Å². The average molecular weight is 701 g/mol. The van der Waals surface area contributed by atoms with E-state index < -0.39 is 8.32 Å². The van der Waals surface area contributed by atoms with Crippen molar-refractivity contribution >= 4 is 18.7 Å². The van der Waals surface area contributed by atoms with Crippen LogP contribution in [-0.4, -0.2) is 28.1 Å². The second-order valence-electron chi connectivity index (χ2n) is 15.5. The van der Waals surface area contributed by atoms with Gasteiger partial charge in [-0.05, 0) is 45.9 Å². The Morgan fingerprint density at radius 3 is 1.40 bits per heavy atom. The SMILES string of the molecule is CCCCCCCCCCCCCCCCCCCC(CCOCc1ccc(OC)cc1)O[Si](c1ccccc1)(c1ccccc1)C(C)(C)C. The molecular weight excluding hydrogens is 629 g/mol. The van der Waals surface area contributed by atoms with Gasteiger partial charge in [-0.25, -0.2) is 0 Å². The summed E-state index contributed by atoms with van der Waals surface area (Å²) in [6.45, 7) is 10.7. The second kappa shape index (κ2) is 24.7. The van der Waals surface area contributed by atoms with Crippen LogP contribution in [0.1, 0.15) is 155 Å². The van der Waals surface area contributed by atoms with E-state index in [1.807, 2.05) is 12.1 Å². The Balaban J connectivity index is 1.51. The van der Waals surface area contributed by atoms with Crippen LogP contribution in [0, 0.1) is 0 Å². The van der Waals surface area contributed by atoms with Gasteiger partial charge in [0.2, 0.25) is 0 Å². The fraction of sp³-hybridized carbons (Fsp3) is 0.609. The van der Waals surface area contributed by atoms with Gasteiger partial charge in [-0.2, -0.15) is 0 Å². The molecule has 278 valence electrons. The van der Waals surface area contributed by atoms with Crippen molar-refractivity contribution in [1.82, 2.24) is 0 Å². The summed E-state index contributed by atoms with van der Waals surface area (Å²) in [5.74, 6) is 0.876. The lowest BCUT2D eigenvalue weighted by Gasteiger charge is -2.45. The fourth-order valence-corrected chi connectivity index (χ4v) is 12.2. The number of unbranched alkanes of at least 4 members (excludes halogenated alkanes) is 16. The van der Waals surface area contributed by atoms with Crippen LogP contribution in [0.4, 0.5) is 0 Å². The molecule has 50 heavy (non-hydrogen) atoms. The quantitative estimate of drug-likeness (QED) is 0.0557. The summed E-state index contributed by atoms with van der Waals surface area (Å²) in [4.78, 5) is 0. The third-order valence-electron chi connectivity index (χ3n) is 10.4. The first-order valence-electron chi connectivity index (χ1n) is 20.4. The van der Waals surface area contributed by atoms with Crippen LogP contribution in [0.25, 0.3) is 0 Å². The molecule has 3 nitrogen and oxygen atoms in total. The van der Waals surface area contributed by atoms with Crippen molar-refractivity contribution in [1.29, 1.82) is 0 Å². The van der Waals surface area contributed by atoms with Crippen LogP contribution in [0.3, 0.4) is 0 Å². The maximum Gasteiger partial charge on any atom is 0.261 e. The Morgan fingerprint density at radius 1 is 0.540 bits per heavy atom. The highest BCUT2D eigenvalue weighted by Crippen LogP contribution is 2.38. The molecule has 0 saturated heterocycles. The predicted molar refractivity (Wildman–Crippen MR) is 219 cm³/mol. The number of ether oxygens (including phenoxy) is 2. The first kappa shape index (κ1) is 42.0. The van der Waals surface area contributed by atoms with Crippen molar-refractivity contribution < 1.29 is 13.9 Å². The summed E-state index contributed by atoms with van der Waals surface area (Å²) >= 11 is 0. The Bertz CT molecular complexity index is 1180. The molecular formula is C46H72O3Si. The molecule has 1 unspecified atom stereocenters. The highest BCUT2D eigenvalue weighted by atomic mass is 28.4. The highest BCUT2D eigenvalue weighted by molar-refractivity contribution is 6.99. The van der Waals surface area contributed by atoms with Gasteiger partial charge >= 0.3 is 0 Å². The monoisotopic (exact) mass is 701 g/mol. The maximum atomic E-state index is 7.63. The molecule has 0 radical (unpaired) electrons. The molecule has 0 amide bonds. The van der Waals surface area contributed by atoms with Gasteiger partial charge in [0.25, 0.3) is 8.32 Å². The maximum absolute atomic E-state index is 7.63. The van der Waals surface area contributed by atoms with Crippen molar-refractivity contribution in [3.05, 3.63) is 90.5 Å². The number of rotatable bonds is 28. The minimum Gasteiger partial charge on any atom is -0.497 e. The number of hydrogen-bond acceptors (Lipinski definition) is 3. The summed E-state index contributed by atoms with van der Waals surface area (Å²) in [5, 5.41) is 2.67. The first-order valence-corrected chi connectivity index (χ1v) is 22.3.